The van der Waals surface area contributed by atoms with Crippen LogP contribution in [0.4, 0.5) is 0 Å². The predicted molar refractivity (Wildman–Crippen MR) is 64.3 cm³/mol. The Morgan fingerprint density at radius 2 is 1.93 bits per heavy atom. The van der Waals surface area contributed by atoms with Gasteiger partial charge in [-0.15, -0.1) is 0 Å². The monoisotopic (exact) mass is 272 g/mol. The van der Waals surface area contributed by atoms with Crippen LogP contribution in [0.2, 0.25) is 0 Å². The summed E-state index contributed by atoms with van der Waals surface area (Å²) in [5, 5.41) is 0. The lowest BCUT2D eigenvalue weighted by Crippen LogP contribution is -2.19. The van der Waals surface area contributed by atoms with Crippen molar-refractivity contribution in [3.63, 3.8) is 0 Å². The third-order valence-electron chi connectivity index (χ3n) is 1.73. The minimum absolute atomic E-state index is 0.868. The molecule has 0 aliphatic rings. The van der Waals surface area contributed by atoms with E-state index in [1.165, 1.54) is 25.5 Å². The fourth-order valence-electron chi connectivity index (χ4n) is 0.934. The largest absolute Gasteiger partial charge is 0.432 e. The molecule has 0 aromatic carbocycles. The topological polar surface area (TPSA) is 26.3 Å². The van der Waals surface area contributed by atoms with Crippen LogP contribution < -0.4 is 0 Å². The van der Waals surface area contributed by atoms with Crippen LogP contribution in [0.3, 0.4) is 0 Å². The van der Waals surface area contributed by atoms with Gasteiger partial charge in [-0.2, -0.15) is 0 Å². The van der Waals surface area contributed by atoms with Gasteiger partial charge >= 0.3 is 5.97 Å². The molecule has 15 heavy (non-hydrogen) atoms. The molecule has 0 rings (SSSR count). The summed E-state index contributed by atoms with van der Waals surface area (Å²) in [6, 6.07) is 0. The Bertz CT molecular complexity index is 209. The summed E-state index contributed by atoms with van der Waals surface area (Å²) in [6.45, 7) is 2.15. The lowest BCUT2D eigenvalue weighted by Gasteiger charge is -2.06. The molecule has 2 nitrogen and oxygen atoms in total. The Labute approximate surface area is 106 Å². The Kier molecular flexibility index (Phi) is 8.30. The second-order valence-corrected chi connectivity index (χ2v) is 5.41. The molecule has 0 N–H and O–H groups in total. The molecule has 0 atom stereocenters. The summed E-state index contributed by atoms with van der Waals surface area (Å²) in [7, 11) is 0. The first-order valence-electron chi connectivity index (χ1n) is 4.91. The lowest BCUT2D eigenvalue weighted by atomic mass is 10.1. The highest BCUT2D eigenvalue weighted by Crippen LogP contribution is 2.27. The Balaban J connectivity index is 3.51. The van der Waals surface area contributed by atoms with E-state index in [2.05, 4.69) is 11.7 Å². The molecule has 0 unspecified atom stereocenters. The first-order chi connectivity index (χ1) is 6.98. The fourth-order valence-corrected chi connectivity index (χ4v) is 1.07. The van der Waals surface area contributed by atoms with Gasteiger partial charge in [0, 0.05) is 0 Å². The number of rotatable bonds is 6. The van der Waals surface area contributed by atoms with E-state index in [9.17, 15) is 4.79 Å². The summed E-state index contributed by atoms with van der Waals surface area (Å²) in [5.41, 5.74) is 0. The van der Waals surface area contributed by atoms with Gasteiger partial charge in [0.25, 0.3) is 3.79 Å². The zero-order valence-corrected chi connectivity index (χ0v) is 10.9. The van der Waals surface area contributed by atoms with Gasteiger partial charge in [-0.3, -0.25) is 0 Å². The summed E-state index contributed by atoms with van der Waals surface area (Å²) < 4.78 is 2.60. The maximum atomic E-state index is 10.9. The van der Waals surface area contributed by atoms with Crippen LogP contribution in [0.1, 0.15) is 39.0 Å². The zero-order chi connectivity index (χ0) is 11.7. The Morgan fingerprint density at radius 3 is 2.47 bits per heavy atom. The van der Waals surface area contributed by atoms with Crippen molar-refractivity contribution in [1.82, 2.24) is 0 Å². The highest BCUT2D eigenvalue weighted by atomic mass is 35.6. The molecule has 0 aliphatic heterocycles. The number of carbonyl (C=O) groups excluding carboxylic acids is 1. The van der Waals surface area contributed by atoms with E-state index in [1.807, 2.05) is 0 Å². The summed E-state index contributed by atoms with van der Waals surface area (Å²) in [4.78, 5) is 10.9. The molecular weight excluding hydrogens is 258 g/mol. The Morgan fingerprint density at radius 1 is 1.27 bits per heavy atom. The van der Waals surface area contributed by atoms with E-state index in [0.29, 0.717) is 0 Å². The zero-order valence-electron chi connectivity index (χ0n) is 8.64. The number of halogens is 3. The van der Waals surface area contributed by atoms with Crippen LogP contribution in [-0.4, -0.2) is 9.76 Å². The minimum Gasteiger partial charge on any atom is -0.432 e. The van der Waals surface area contributed by atoms with Gasteiger partial charge in [0.15, 0.2) is 0 Å². The molecule has 88 valence electrons. The van der Waals surface area contributed by atoms with Gasteiger partial charge in [-0.05, 0) is 18.9 Å². The first-order valence-corrected chi connectivity index (χ1v) is 6.04. The number of carbonyl (C=O) groups is 1. The lowest BCUT2D eigenvalue weighted by molar-refractivity contribution is -0.136. The molecular formula is C10H15Cl3O2. The van der Waals surface area contributed by atoms with Crippen molar-refractivity contribution in [2.75, 3.05) is 0 Å². The molecule has 0 saturated heterocycles. The van der Waals surface area contributed by atoms with Crippen molar-refractivity contribution in [2.45, 2.75) is 42.8 Å². The molecule has 0 radical (unpaired) electrons. The van der Waals surface area contributed by atoms with E-state index < -0.39 is 9.76 Å². The summed E-state index contributed by atoms with van der Waals surface area (Å²) in [5.74, 6) is -0.877. The van der Waals surface area contributed by atoms with Gasteiger partial charge in [-0.1, -0.05) is 61.0 Å². The molecule has 0 aromatic rings. The number of alkyl halides is 3. The molecule has 0 spiro atoms. The van der Waals surface area contributed by atoms with Gasteiger partial charge in [-0.25, -0.2) is 4.79 Å². The maximum Gasteiger partial charge on any atom is 0.363 e. The van der Waals surface area contributed by atoms with Crippen LogP contribution in [-0.2, 0) is 9.53 Å². The van der Waals surface area contributed by atoms with Crippen LogP contribution in [0.25, 0.3) is 0 Å². The smallest absolute Gasteiger partial charge is 0.363 e. The molecule has 0 bridgehead atoms. The average Bonchev–Trinajstić information content (AvgIpc) is 2.14. The standard InChI is InChI=1S/C10H15Cl3O2/c1-2-3-4-5-6-7-8-15-9(14)10(11,12)13/h7-8H,2-6H2,1H3/b8-7-. The Hall–Kier alpha value is 0.0800. The summed E-state index contributed by atoms with van der Waals surface area (Å²) in [6.07, 6.45) is 8.58. The molecule has 0 aliphatic carbocycles. The van der Waals surface area contributed by atoms with Crippen molar-refractivity contribution in [2.24, 2.45) is 0 Å². The molecule has 0 amide bonds. The van der Waals surface area contributed by atoms with E-state index in [4.69, 9.17) is 34.8 Å². The van der Waals surface area contributed by atoms with Crippen molar-refractivity contribution in [3.8, 4) is 0 Å². The van der Waals surface area contributed by atoms with Crippen LogP contribution in [0, 0.1) is 0 Å². The molecule has 5 heteroatoms. The highest BCUT2D eigenvalue weighted by molar-refractivity contribution is 6.75. The number of ether oxygens (including phenoxy) is 1. The third-order valence-corrected chi connectivity index (χ3v) is 2.19. The SMILES string of the molecule is CCCCCC/C=C\OC(=O)C(Cl)(Cl)Cl. The van der Waals surface area contributed by atoms with Crippen LogP contribution in [0.15, 0.2) is 12.3 Å². The second kappa shape index (κ2) is 8.26. The van der Waals surface area contributed by atoms with E-state index in [-0.39, 0.29) is 0 Å². The van der Waals surface area contributed by atoms with E-state index in [1.54, 1.807) is 6.08 Å². The predicted octanol–water partition coefficient (Wildman–Crippen LogP) is 4.38. The summed E-state index contributed by atoms with van der Waals surface area (Å²) >= 11 is 15.9. The van der Waals surface area contributed by atoms with E-state index >= 15 is 0 Å². The minimum atomic E-state index is -1.99. The quantitative estimate of drug-likeness (QED) is 0.311. The molecule has 0 aromatic heterocycles. The number of unbranched alkanes of at least 4 members (excludes halogenated alkanes) is 4. The number of hydrogen-bond acceptors (Lipinski definition) is 2. The van der Waals surface area contributed by atoms with Crippen molar-refractivity contribution in [1.29, 1.82) is 0 Å². The maximum absolute atomic E-state index is 10.9. The number of esters is 1. The van der Waals surface area contributed by atoms with Crippen molar-refractivity contribution >= 4 is 40.8 Å². The van der Waals surface area contributed by atoms with Crippen LogP contribution >= 0.6 is 34.8 Å². The highest BCUT2D eigenvalue weighted by Gasteiger charge is 2.32. The van der Waals surface area contributed by atoms with E-state index in [0.717, 1.165) is 12.8 Å². The second-order valence-electron chi connectivity index (χ2n) is 3.12. The van der Waals surface area contributed by atoms with Crippen LogP contribution in [0.5, 0.6) is 0 Å². The third kappa shape index (κ3) is 9.04. The molecule has 0 heterocycles. The van der Waals surface area contributed by atoms with Gasteiger partial charge in [0.1, 0.15) is 0 Å². The van der Waals surface area contributed by atoms with Gasteiger partial charge in [0.2, 0.25) is 0 Å². The number of hydrogen-bond donors (Lipinski definition) is 0. The first kappa shape index (κ1) is 15.1. The van der Waals surface area contributed by atoms with Gasteiger partial charge in [0.05, 0.1) is 6.26 Å². The molecule has 0 saturated carbocycles. The normalized spacial score (nSPS) is 12.0. The van der Waals surface area contributed by atoms with Crippen molar-refractivity contribution in [3.05, 3.63) is 12.3 Å². The van der Waals surface area contributed by atoms with Crippen molar-refractivity contribution < 1.29 is 9.53 Å². The molecule has 0 fully saturated rings. The fraction of sp³-hybridized carbons (Fsp3) is 0.700. The van der Waals surface area contributed by atoms with Gasteiger partial charge < -0.3 is 4.74 Å². The average molecular weight is 274 g/mol. The number of allylic oxidation sites excluding steroid dienone is 1.